The minimum absolute atomic E-state index is 0.0209. The number of hydrogen-bond donors (Lipinski definition) is 3. The van der Waals surface area contributed by atoms with E-state index in [0.717, 1.165) is 19.5 Å². The van der Waals surface area contributed by atoms with Crippen molar-refractivity contribution in [1.82, 2.24) is 10.6 Å². The average molecular weight is 287 g/mol. The van der Waals surface area contributed by atoms with Crippen LogP contribution in [0, 0.1) is 5.92 Å². The van der Waals surface area contributed by atoms with E-state index in [1.54, 1.807) is 30.3 Å². The number of nitrogens with one attached hydrogen (secondary N) is 3. The van der Waals surface area contributed by atoms with Gasteiger partial charge >= 0.3 is 0 Å². The number of rotatable bonds is 6. The van der Waals surface area contributed by atoms with Crippen molar-refractivity contribution >= 4 is 17.5 Å². The molecule has 2 rings (SSSR count). The molecule has 1 unspecified atom stereocenters. The highest BCUT2D eigenvalue weighted by Gasteiger charge is 2.18. The molecule has 0 aliphatic carbocycles. The van der Waals surface area contributed by atoms with E-state index >= 15 is 0 Å². The summed E-state index contributed by atoms with van der Waals surface area (Å²) < 4.78 is 0. The maximum atomic E-state index is 11.9. The second kappa shape index (κ2) is 7.59. The van der Waals surface area contributed by atoms with E-state index < -0.39 is 0 Å². The Balaban J connectivity index is 1.85. The Morgan fingerprint density at radius 2 is 2.10 bits per heavy atom. The molecular formula is C16H21N3O2. The van der Waals surface area contributed by atoms with Gasteiger partial charge in [-0.15, -0.1) is 6.58 Å². The lowest BCUT2D eigenvalue weighted by Gasteiger charge is -2.09. The van der Waals surface area contributed by atoms with Gasteiger partial charge in [0.15, 0.2) is 0 Å². The minimum atomic E-state index is -0.148. The zero-order chi connectivity index (χ0) is 15.1. The summed E-state index contributed by atoms with van der Waals surface area (Å²) in [6, 6.07) is 6.89. The zero-order valence-electron chi connectivity index (χ0n) is 12.0. The molecule has 1 aromatic rings. The molecule has 1 aliphatic heterocycles. The molecule has 5 heteroatoms. The van der Waals surface area contributed by atoms with Crippen molar-refractivity contribution in [3.05, 3.63) is 42.5 Å². The Kier molecular flexibility index (Phi) is 5.51. The monoisotopic (exact) mass is 287 g/mol. The normalized spacial score (nSPS) is 17.2. The number of hydrogen-bond acceptors (Lipinski definition) is 3. The number of anilines is 1. The molecule has 3 N–H and O–H groups in total. The SMILES string of the molecule is C=CCNC(=O)c1ccc(NC(=O)CC2CCNC2)cc1. The van der Waals surface area contributed by atoms with Crippen LogP contribution >= 0.6 is 0 Å². The summed E-state index contributed by atoms with van der Waals surface area (Å²) in [7, 11) is 0. The fourth-order valence-electron chi connectivity index (χ4n) is 2.33. The molecule has 1 fully saturated rings. The summed E-state index contributed by atoms with van der Waals surface area (Å²) >= 11 is 0. The van der Waals surface area contributed by atoms with Crippen LogP contribution in [0.3, 0.4) is 0 Å². The zero-order valence-corrected chi connectivity index (χ0v) is 12.0. The van der Waals surface area contributed by atoms with Crippen LogP contribution in [0.4, 0.5) is 5.69 Å². The highest BCUT2D eigenvalue weighted by atomic mass is 16.2. The summed E-state index contributed by atoms with van der Waals surface area (Å²) in [5, 5.41) is 8.82. The van der Waals surface area contributed by atoms with Gasteiger partial charge in [0.2, 0.25) is 5.91 Å². The average Bonchev–Trinajstić information content (AvgIpc) is 2.98. The Morgan fingerprint density at radius 1 is 1.33 bits per heavy atom. The first-order valence-corrected chi connectivity index (χ1v) is 7.19. The van der Waals surface area contributed by atoms with E-state index in [2.05, 4.69) is 22.5 Å². The van der Waals surface area contributed by atoms with Gasteiger partial charge in [0.1, 0.15) is 0 Å². The van der Waals surface area contributed by atoms with E-state index in [-0.39, 0.29) is 11.8 Å². The largest absolute Gasteiger partial charge is 0.349 e. The second-order valence-corrected chi connectivity index (χ2v) is 5.19. The van der Waals surface area contributed by atoms with E-state index in [1.807, 2.05) is 0 Å². The Hall–Kier alpha value is -2.14. The highest BCUT2D eigenvalue weighted by molar-refractivity contribution is 5.95. The predicted molar refractivity (Wildman–Crippen MR) is 83.2 cm³/mol. The maximum Gasteiger partial charge on any atom is 0.251 e. The van der Waals surface area contributed by atoms with Gasteiger partial charge in [-0.3, -0.25) is 9.59 Å². The third kappa shape index (κ3) is 4.72. The lowest BCUT2D eigenvalue weighted by Crippen LogP contribution is -2.23. The van der Waals surface area contributed by atoms with Crippen LogP contribution in [-0.4, -0.2) is 31.4 Å². The van der Waals surface area contributed by atoms with Crippen LogP contribution in [0.2, 0.25) is 0 Å². The molecule has 21 heavy (non-hydrogen) atoms. The van der Waals surface area contributed by atoms with Crippen LogP contribution < -0.4 is 16.0 Å². The molecule has 112 valence electrons. The predicted octanol–water partition coefficient (Wildman–Crippen LogP) is 1.54. The summed E-state index contributed by atoms with van der Waals surface area (Å²) in [5.41, 5.74) is 1.28. The number of carbonyl (C=O) groups excluding carboxylic acids is 2. The summed E-state index contributed by atoms with van der Waals surface area (Å²) in [6.07, 6.45) is 3.22. The van der Waals surface area contributed by atoms with Crippen molar-refractivity contribution in [3.8, 4) is 0 Å². The van der Waals surface area contributed by atoms with Gasteiger partial charge in [-0.25, -0.2) is 0 Å². The lowest BCUT2D eigenvalue weighted by molar-refractivity contribution is -0.116. The van der Waals surface area contributed by atoms with E-state index in [1.165, 1.54) is 0 Å². The third-order valence-electron chi connectivity index (χ3n) is 3.47. The van der Waals surface area contributed by atoms with Crippen molar-refractivity contribution in [2.24, 2.45) is 5.92 Å². The molecule has 1 heterocycles. The Labute approximate surface area is 124 Å². The molecule has 2 amide bonds. The van der Waals surface area contributed by atoms with E-state index in [9.17, 15) is 9.59 Å². The minimum Gasteiger partial charge on any atom is -0.349 e. The van der Waals surface area contributed by atoms with Gasteiger partial charge in [0, 0.05) is 24.2 Å². The summed E-state index contributed by atoms with van der Waals surface area (Å²) in [6.45, 7) is 5.89. The van der Waals surface area contributed by atoms with Crippen LogP contribution in [-0.2, 0) is 4.79 Å². The summed E-state index contributed by atoms with van der Waals surface area (Å²) in [4.78, 5) is 23.6. The highest BCUT2D eigenvalue weighted by Crippen LogP contribution is 2.15. The first-order chi connectivity index (χ1) is 10.2. The number of benzene rings is 1. The number of amides is 2. The first kappa shape index (κ1) is 15.3. The van der Waals surface area contributed by atoms with E-state index in [4.69, 9.17) is 0 Å². The fourth-order valence-corrected chi connectivity index (χ4v) is 2.33. The molecule has 5 nitrogen and oxygen atoms in total. The van der Waals surface area contributed by atoms with Gasteiger partial charge in [0.25, 0.3) is 5.91 Å². The first-order valence-electron chi connectivity index (χ1n) is 7.19. The quantitative estimate of drug-likeness (QED) is 0.695. The second-order valence-electron chi connectivity index (χ2n) is 5.19. The van der Waals surface area contributed by atoms with Crippen LogP contribution in [0.25, 0.3) is 0 Å². The molecule has 0 bridgehead atoms. The molecule has 0 radical (unpaired) electrons. The number of carbonyl (C=O) groups is 2. The molecule has 0 saturated carbocycles. The molecule has 1 aromatic carbocycles. The molecular weight excluding hydrogens is 266 g/mol. The van der Waals surface area contributed by atoms with E-state index in [0.29, 0.717) is 30.1 Å². The fraction of sp³-hybridized carbons (Fsp3) is 0.375. The molecule has 0 spiro atoms. The van der Waals surface area contributed by atoms with Gasteiger partial charge < -0.3 is 16.0 Å². The van der Waals surface area contributed by atoms with Gasteiger partial charge in [-0.2, -0.15) is 0 Å². The van der Waals surface area contributed by atoms with Crippen LogP contribution in [0.1, 0.15) is 23.2 Å². The van der Waals surface area contributed by atoms with Gasteiger partial charge in [-0.1, -0.05) is 6.08 Å². The van der Waals surface area contributed by atoms with Gasteiger partial charge in [-0.05, 0) is 49.7 Å². The van der Waals surface area contributed by atoms with Crippen molar-refractivity contribution in [1.29, 1.82) is 0 Å². The van der Waals surface area contributed by atoms with Gasteiger partial charge in [0.05, 0.1) is 0 Å². The van der Waals surface area contributed by atoms with Crippen molar-refractivity contribution in [2.75, 3.05) is 25.0 Å². The smallest absolute Gasteiger partial charge is 0.251 e. The lowest BCUT2D eigenvalue weighted by atomic mass is 10.0. The topological polar surface area (TPSA) is 70.2 Å². The summed E-state index contributed by atoms with van der Waals surface area (Å²) in [5.74, 6) is 0.298. The van der Waals surface area contributed by atoms with Crippen molar-refractivity contribution in [3.63, 3.8) is 0 Å². The Morgan fingerprint density at radius 3 is 2.71 bits per heavy atom. The van der Waals surface area contributed by atoms with Crippen LogP contribution in [0.15, 0.2) is 36.9 Å². The Bertz CT molecular complexity index is 505. The standard InChI is InChI=1S/C16H21N3O2/c1-2-8-18-16(21)13-3-5-14(6-4-13)19-15(20)10-12-7-9-17-11-12/h2-6,12,17H,1,7-11H2,(H,18,21)(H,19,20). The molecule has 0 aromatic heterocycles. The molecule has 1 saturated heterocycles. The third-order valence-corrected chi connectivity index (χ3v) is 3.47. The maximum absolute atomic E-state index is 11.9. The molecule has 1 aliphatic rings. The van der Waals surface area contributed by atoms with Crippen LogP contribution in [0.5, 0.6) is 0 Å². The molecule has 1 atom stereocenters. The van der Waals surface area contributed by atoms with Crippen molar-refractivity contribution in [2.45, 2.75) is 12.8 Å². The van der Waals surface area contributed by atoms with Crippen molar-refractivity contribution < 1.29 is 9.59 Å².